The Morgan fingerprint density at radius 3 is 2.44 bits per heavy atom. The Bertz CT molecular complexity index is 494. The van der Waals surface area contributed by atoms with E-state index in [2.05, 4.69) is 5.32 Å². The largest absolute Gasteiger partial charge is 0.399 e. The fourth-order valence-corrected chi connectivity index (χ4v) is 1.65. The first kappa shape index (κ1) is 10.6. The summed E-state index contributed by atoms with van der Waals surface area (Å²) in [6.07, 6.45) is 0. The normalized spacial score (nSPS) is 9.75. The van der Waals surface area contributed by atoms with Crippen molar-refractivity contribution in [2.45, 2.75) is 0 Å². The monoisotopic (exact) mass is 228 g/mol. The quantitative estimate of drug-likeness (QED) is 0.613. The summed E-state index contributed by atoms with van der Waals surface area (Å²) in [5.41, 5.74) is 8.33. The van der Waals surface area contributed by atoms with Crippen molar-refractivity contribution in [2.24, 2.45) is 0 Å². The minimum atomic E-state index is 0.679. The zero-order valence-electron chi connectivity index (χ0n) is 8.68. The molecule has 2 nitrogen and oxygen atoms in total. The van der Waals surface area contributed by atoms with E-state index in [9.17, 15) is 0 Å². The first-order chi connectivity index (χ1) is 7.75. The second kappa shape index (κ2) is 4.77. The van der Waals surface area contributed by atoms with E-state index in [0.717, 1.165) is 16.9 Å². The summed E-state index contributed by atoms with van der Waals surface area (Å²) in [6.45, 7) is 0. The molecule has 16 heavy (non-hydrogen) atoms. The maximum atomic E-state index is 5.70. The van der Waals surface area contributed by atoms with Gasteiger partial charge in [-0.25, -0.2) is 0 Å². The van der Waals surface area contributed by atoms with Crippen molar-refractivity contribution < 1.29 is 0 Å². The SMILES string of the molecule is Nc1cccc(C(=S)Nc2ccccc2)c1. The average molecular weight is 228 g/mol. The molecule has 0 bridgehead atoms. The van der Waals surface area contributed by atoms with Crippen molar-refractivity contribution in [2.75, 3.05) is 11.1 Å². The third kappa shape index (κ3) is 2.58. The second-order valence-corrected chi connectivity index (χ2v) is 3.85. The third-order valence-electron chi connectivity index (χ3n) is 2.18. The molecule has 0 radical (unpaired) electrons. The van der Waals surface area contributed by atoms with Crippen molar-refractivity contribution in [3.8, 4) is 0 Å². The smallest absolute Gasteiger partial charge is 0.111 e. The van der Waals surface area contributed by atoms with Gasteiger partial charge in [0, 0.05) is 16.9 Å². The second-order valence-electron chi connectivity index (χ2n) is 3.45. The summed E-state index contributed by atoms with van der Waals surface area (Å²) in [7, 11) is 0. The fourth-order valence-electron chi connectivity index (χ4n) is 1.40. The van der Waals surface area contributed by atoms with Gasteiger partial charge in [0.05, 0.1) is 0 Å². The van der Waals surface area contributed by atoms with E-state index < -0.39 is 0 Å². The van der Waals surface area contributed by atoms with Crippen LogP contribution in [0.15, 0.2) is 54.6 Å². The molecule has 0 aliphatic heterocycles. The molecule has 0 amide bonds. The number of thiocarbonyl (C=S) groups is 1. The number of nitrogens with two attached hydrogens (primary N) is 1. The molecule has 0 aromatic heterocycles. The van der Waals surface area contributed by atoms with E-state index in [1.54, 1.807) is 0 Å². The Morgan fingerprint density at radius 1 is 1.00 bits per heavy atom. The number of nitrogens with one attached hydrogen (secondary N) is 1. The number of rotatable bonds is 2. The van der Waals surface area contributed by atoms with Gasteiger partial charge in [-0.3, -0.25) is 0 Å². The first-order valence-electron chi connectivity index (χ1n) is 4.97. The van der Waals surface area contributed by atoms with Crippen LogP contribution in [0.25, 0.3) is 0 Å². The van der Waals surface area contributed by atoms with E-state index in [1.807, 2.05) is 54.6 Å². The minimum Gasteiger partial charge on any atom is -0.399 e. The molecule has 0 saturated carbocycles. The highest BCUT2D eigenvalue weighted by Gasteiger charge is 2.01. The predicted octanol–water partition coefficient (Wildman–Crippen LogP) is 3.06. The van der Waals surface area contributed by atoms with Crippen LogP contribution in [0.2, 0.25) is 0 Å². The van der Waals surface area contributed by atoms with Crippen molar-refractivity contribution in [1.82, 2.24) is 0 Å². The molecular formula is C13H12N2S. The summed E-state index contributed by atoms with van der Waals surface area (Å²) in [4.78, 5) is 0.679. The molecule has 80 valence electrons. The van der Waals surface area contributed by atoms with Gasteiger partial charge in [-0.2, -0.15) is 0 Å². The third-order valence-corrected chi connectivity index (χ3v) is 2.52. The molecule has 0 aliphatic carbocycles. The zero-order chi connectivity index (χ0) is 11.4. The summed E-state index contributed by atoms with van der Waals surface area (Å²) in [5.74, 6) is 0. The van der Waals surface area contributed by atoms with Crippen LogP contribution in [-0.4, -0.2) is 4.99 Å². The number of hydrogen-bond acceptors (Lipinski definition) is 2. The molecule has 0 fully saturated rings. The van der Waals surface area contributed by atoms with Gasteiger partial charge in [0.2, 0.25) is 0 Å². The highest BCUT2D eigenvalue weighted by atomic mass is 32.1. The summed E-state index contributed by atoms with van der Waals surface area (Å²) in [5, 5.41) is 3.16. The van der Waals surface area contributed by atoms with Gasteiger partial charge in [-0.1, -0.05) is 42.5 Å². The number of hydrogen-bond donors (Lipinski definition) is 2. The molecule has 3 N–H and O–H groups in total. The minimum absolute atomic E-state index is 0.679. The van der Waals surface area contributed by atoms with Crippen LogP contribution >= 0.6 is 12.2 Å². The molecule has 2 aromatic rings. The van der Waals surface area contributed by atoms with Crippen LogP contribution in [0.3, 0.4) is 0 Å². The Kier molecular flexibility index (Phi) is 3.17. The zero-order valence-corrected chi connectivity index (χ0v) is 9.50. The molecule has 0 saturated heterocycles. The topological polar surface area (TPSA) is 38.0 Å². The number of para-hydroxylation sites is 1. The molecule has 2 aromatic carbocycles. The average Bonchev–Trinajstić information content (AvgIpc) is 2.30. The summed E-state index contributed by atoms with van der Waals surface area (Å²) < 4.78 is 0. The highest BCUT2D eigenvalue weighted by molar-refractivity contribution is 7.81. The lowest BCUT2D eigenvalue weighted by atomic mass is 10.2. The highest BCUT2D eigenvalue weighted by Crippen LogP contribution is 2.11. The lowest BCUT2D eigenvalue weighted by molar-refractivity contribution is 1.60. The van der Waals surface area contributed by atoms with Gasteiger partial charge in [-0.05, 0) is 24.3 Å². The Hall–Kier alpha value is -1.87. The van der Waals surface area contributed by atoms with Gasteiger partial charge < -0.3 is 11.1 Å². The summed E-state index contributed by atoms with van der Waals surface area (Å²) in [6, 6.07) is 17.4. The van der Waals surface area contributed by atoms with E-state index in [4.69, 9.17) is 18.0 Å². The van der Waals surface area contributed by atoms with Crippen LogP contribution in [0.1, 0.15) is 5.56 Å². The maximum Gasteiger partial charge on any atom is 0.111 e. The van der Waals surface area contributed by atoms with E-state index in [-0.39, 0.29) is 0 Å². The van der Waals surface area contributed by atoms with Crippen LogP contribution in [0, 0.1) is 0 Å². The van der Waals surface area contributed by atoms with Crippen LogP contribution in [0.4, 0.5) is 11.4 Å². The molecule has 0 atom stereocenters. The maximum absolute atomic E-state index is 5.70. The van der Waals surface area contributed by atoms with Gasteiger partial charge in [-0.15, -0.1) is 0 Å². The fraction of sp³-hybridized carbons (Fsp3) is 0. The van der Waals surface area contributed by atoms with Crippen molar-refractivity contribution in [3.05, 3.63) is 60.2 Å². The number of nitrogen functional groups attached to an aromatic ring is 1. The van der Waals surface area contributed by atoms with Crippen molar-refractivity contribution >= 4 is 28.6 Å². The Morgan fingerprint density at radius 2 is 1.75 bits per heavy atom. The van der Waals surface area contributed by atoms with E-state index in [0.29, 0.717) is 4.99 Å². The van der Waals surface area contributed by atoms with Crippen LogP contribution in [0.5, 0.6) is 0 Å². The van der Waals surface area contributed by atoms with Gasteiger partial charge >= 0.3 is 0 Å². The summed E-state index contributed by atoms with van der Waals surface area (Å²) >= 11 is 5.30. The van der Waals surface area contributed by atoms with Crippen LogP contribution < -0.4 is 11.1 Å². The molecule has 0 spiro atoms. The molecule has 0 heterocycles. The lowest BCUT2D eigenvalue weighted by Crippen LogP contribution is -2.10. The molecule has 3 heteroatoms. The van der Waals surface area contributed by atoms with Crippen molar-refractivity contribution in [3.63, 3.8) is 0 Å². The first-order valence-corrected chi connectivity index (χ1v) is 5.38. The standard InChI is InChI=1S/C13H12N2S/c14-11-6-4-5-10(9-11)13(16)15-12-7-2-1-3-8-12/h1-9H,14H2,(H,15,16). The Labute approximate surface area is 100 Å². The van der Waals surface area contributed by atoms with E-state index >= 15 is 0 Å². The lowest BCUT2D eigenvalue weighted by Gasteiger charge is -2.08. The number of benzene rings is 2. The van der Waals surface area contributed by atoms with Crippen LogP contribution in [-0.2, 0) is 0 Å². The molecular weight excluding hydrogens is 216 g/mol. The van der Waals surface area contributed by atoms with Gasteiger partial charge in [0.1, 0.15) is 4.99 Å². The van der Waals surface area contributed by atoms with Gasteiger partial charge in [0.15, 0.2) is 0 Å². The van der Waals surface area contributed by atoms with E-state index in [1.165, 1.54) is 0 Å². The molecule has 0 unspecified atom stereocenters. The number of anilines is 2. The molecule has 2 rings (SSSR count). The Balaban J connectivity index is 2.15. The predicted molar refractivity (Wildman–Crippen MR) is 72.6 cm³/mol. The molecule has 0 aliphatic rings. The van der Waals surface area contributed by atoms with Gasteiger partial charge in [0.25, 0.3) is 0 Å². The van der Waals surface area contributed by atoms with Crippen molar-refractivity contribution in [1.29, 1.82) is 0 Å².